The van der Waals surface area contributed by atoms with Gasteiger partial charge in [0.05, 0.1) is 4.92 Å². The summed E-state index contributed by atoms with van der Waals surface area (Å²) in [5.74, 6) is -0.719. The van der Waals surface area contributed by atoms with Gasteiger partial charge in [-0.3, -0.25) is 15.0 Å². The lowest BCUT2D eigenvalue weighted by molar-refractivity contribution is -0.386. The number of nitro benzene ring substituents is 1. The molecule has 0 aromatic heterocycles. The van der Waals surface area contributed by atoms with Gasteiger partial charge in [0.1, 0.15) is 5.82 Å². The van der Waals surface area contributed by atoms with Crippen LogP contribution in [0.2, 0.25) is 0 Å². The summed E-state index contributed by atoms with van der Waals surface area (Å²) < 4.78 is 42.3. The molecule has 1 aliphatic heterocycles. The molecule has 0 atom stereocenters. The Labute approximate surface area is 160 Å². The maximum Gasteiger partial charge on any atom is 0.387 e. The molecule has 1 aliphatic rings. The second kappa shape index (κ2) is 8.92. The molecule has 1 N–H and O–H groups in total. The summed E-state index contributed by atoms with van der Waals surface area (Å²) in [7, 11) is 0. The lowest BCUT2D eigenvalue weighted by Gasteiger charge is -2.33. The molecule has 2 aromatic carbocycles. The highest BCUT2D eigenvalue weighted by Gasteiger charge is 2.22. The third-order valence-corrected chi connectivity index (χ3v) is 4.65. The summed E-state index contributed by atoms with van der Waals surface area (Å²) in [6, 6.07) is 10.4. The van der Waals surface area contributed by atoms with Gasteiger partial charge in [-0.1, -0.05) is 12.1 Å². The molecule has 1 fully saturated rings. The Morgan fingerprint density at radius 1 is 1.18 bits per heavy atom. The van der Waals surface area contributed by atoms with Crippen molar-refractivity contribution in [2.24, 2.45) is 0 Å². The lowest BCUT2D eigenvalue weighted by atomic mass is 10.0. The summed E-state index contributed by atoms with van der Waals surface area (Å²) in [6.45, 7) is -0.759. The Kier molecular flexibility index (Phi) is 6.35. The van der Waals surface area contributed by atoms with Crippen LogP contribution in [-0.2, 0) is 6.54 Å². The van der Waals surface area contributed by atoms with E-state index in [0.717, 1.165) is 44.1 Å². The standard InChI is InChI=1S/C19H20F3N3O3/c20-14-3-1-13(2-4-14)12-24-9-7-15(8-10-24)23-16-5-6-17(25(26)27)18(11-16)28-19(21)22/h1-6,11,15,19,23H,7-10,12H2. The summed E-state index contributed by atoms with van der Waals surface area (Å²) in [5.41, 5.74) is 1.04. The topological polar surface area (TPSA) is 67.6 Å². The first kappa shape index (κ1) is 19.9. The van der Waals surface area contributed by atoms with Gasteiger partial charge in [-0.15, -0.1) is 0 Å². The quantitative estimate of drug-likeness (QED) is 0.556. The van der Waals surface area contributed by atoms with Crippen LogP contribution in [0.1, 0.15) is 18.4 Å². The molecule has 0 bridgehead atoms. The fourth-order valence-corrected chi connectivity index (χ4v) is 3.26. The number of nitrogens with zero attached hydrogens (tertiary/aromatic N) is 2. The van der Waals surface area contributed by atoms with E-state index in [2.05, 4.69) is 15.0 Å². The van der Waals surface area contributed by atoms with E-state index in [9.17, 15) is 23.3 Å². The van der Waals surface area contributed by atoms with Crippen molar-refractivity contribution in [3.8, 4) is 5.75 Å². The summed E-state index contributed by atoms with van der Waals surface area (Å²) in [6.07, 6.45) is 1.65. The Hall–Kier alpha value is -2.81. The molecule has 1 heterocycles. The van der Waals surface area contributed by atoms with Gasteiger partial charge in [0.15, 0.2) is 0 Å². The molecule has 6 nitrogen and oxygen atoms in total. The maximum absolute atomic E-state index is 13.0. The first-order valence-corrected chi connectivity index (χ1v) is 8.87. The first-order chi connectivity index (χ1) is 13.4. The summed E-state index contributed by atoms with van der Waals surface area (Å²) >= 11 is 0. The highest BCUT2D eigenvalue weighted by atomic mass is 19.3. The number of rotatable bonds is 7. The highest BCUT2D eigenvalue weighted by Crippen LogP contribution is 2.32. The number of hydrogen-bond donors (Lipinski definition) is 1. The van der Waals surface area contributed by atoms with Crippen molar-refractivity contribution in [2.75, 3.05) is 18.4 Å². The summed E-state index contributed by atoms with van der Waals surface area (Å²) in [5, 5.41) is 14.2. The van der Waals surface area contributed by atoms with Crippen LogP contribution < -0.4 is 10.1 Å². The smallest absolute Gasteiger partial charge is 0.387 e. The number of nitrogens with one attached hydrogen (secondary N) is 1. The van der Waals surface area contributed by atoms with Crippen molar-refractivity contribution in [3.63, 3.8) is 0 Å². The van der Waals surface area contributed by atoms with Gasteiger partial charge < -0.3 is 10.1 Å². The van der Waals surface area contributed by atoms with Crippen LogP contribution in [0, 0.1) is 15.9 Å². The third kappa shape index (κ3) is 5.35. The zero-order valence-electron chi connectivity index (χ0n) is 15.0. The molecule has 3 rings (SSSR count). The van der Waals surface area contributed by atoms with E-state index in [1.165, 1.54) is 24.3 Å². The molecule has 150 valence electrons. The van der Waals surface area contributed by atoms with Crippen LogP contribution >= 0.6 is 0 Å². The normalized spacial score (nSPS) is 15.6. The zero-order chi connectivity index (χ0) is 20.1. The number of anilines is 1. The van der Waals surface area contributed by atoms with E-state index < -0.39 is 23.0 Å². The average Bonchev–Trinajstić information content (AvgIpc) is 2.65. The molecule has 0 unspecified atom stereocenters. The molecular formula is C19H20F3N3O3. The van der Waals surface area contributed by atoms with Gasteiger partial charge in [0, 0.05) is 43.5 Å². The molecule has 0 radical (unpaired) electrons. The van der Waals surface area contributed by atoms with Gasteiger partial charge >= 0.3 is 12.3 Å². The maximum atomic E-state index is 13.0. The Bertz CT molecular complexity index is 810. The first-order valence-electron chi connectivity index (χ1n) is 8.87. The van der Waals surface area contributed by atoms with E-state index in [1.54, 1.807) is 12.1 Å². The molecule has 0 aliphatic carbocycles. The Balaban J connectivity index is 1.56. The largest absolute Gasteiger partial charge is 0.427 e. The second-order valence-electron chi connectivity index (χ2n) is 6.64. The second-order valence-corrected chi connectivity index (χ2v) is 6.64. The minimum atomic E-state index is -3.14. The number of alkyl halides is 2. The van der Waals surface area contributed by atoms with Crippen molar-refractivity contribution >= 4 is 11.4 Å². The van der Waals surface area contributed by atoms with Crippen molar-refractivity contribution < 1.29 is 22.8 Å². The van der Waals surface area contributed by atoms with Gasteiger partial charge in [-0.2, -0.15) is 8.78 Å². The van der Waals surface area contributed by atoms with Gasteiger partial charge in [0.25, 0.3) is 0 Å². The van der Waals surface area contributed by atoms with Crippen molar-refractivity contribution in [2.45, 2.75) is 32.0 Å². The monoisotopic (exact) mass is 395 g/mol. The molecule has 0 saturated carbocycles. The van der Waals surface area contributed by atoms with Gasteiger partial charge in [-0.05, 0) is 36.6 Å². The van der Waals surface area contributed by atoms with E-state index in [4.69, 9.17) is 0 Å². The zero-order valence-corrected chi connectivity index (χ0v) is 15.0. The van der Waals surface area contributed by atoms with Crippen molar-refractivity contribution in [1.82, 2.24) is 4.90 Å². The molecule has 28 heavy (non-hydrogen) atoms. The minimum Gasteiger partial charge on any atom is -0.427 e. The van der Waals surface area contributed by atoms with Crippen LogP contribution in [0.25, 0.3) is 0 Å². The molecule has 2 aromatic rings. The average molecular weight is 395 g/mol. The molecule has 0 spiro atoms. The van der Waals surface area contributed by atoms with Crippen LogP contribution in [-0.4, -0.2) is 35.6 Å². The van der Waals surface area contributed by atoms with E-state index in [-0.39, 0.29) is 11.9 Å². The summed E-state index contributed by atoms with van der Waals surface area (Å²) in [4.78, 5) is 12.4. The fraction of sp³-hybridized carbons (Fsp3) is 0.368. The van der Waals surface area contributed by atoms with E-state index >= 15 is 0 Å². The van der Waals surface area contributed by atoms with Crippen LogP contribution in [0.15, 0.2) is 42.5 Å². The van der Waals surface area contributed by atoms with E-state index in [0.29, 0.717) is 5.69 Å². The highest BCUT2D eigenvalue weighted by molar-refractivity contribution is 5.58. The van der Waals surface area contributed by atoms with Crippen LogP contribution in [0.5, 0.6) is 5.75 Å². The number of benzene rings is 2. The number of likely N-dealkylation sites (tertiary alicyclic amines) is 1. The third-order valence-electron chi connectivity index (χ3n) is 4.65. The predicted octanol–water partition coefficient (Wildman–Crippen LogP) is 4.41. The predicted molar refractivity (Wildman–Crippen MR) is 98.1 cm³/mol. The number of hydrogen-bond acceptors (Lipinski definition) is 5. The Morgan fingerprint density at radius 3 is 2.46 bits per heavy atom. The SMILES string of the molecule is O=[N+]([O-])c1ccc(NC2CCN(Cc3ccc(F)cc3)CC2)cc1OC(F)F. The molecule has 9 heteroatoms. The molecule has 1 saturated heterocycles. The van der Waals surface area contributed by atoms with Crippen LogP contribution in [0.3, 0.4) is 0 Å². The number of nitro groups is 1. The van der Waals surface area contributed by atoms with Crippen LogP contribution in [0.4, 0.5) is 24.5 Å². The Morgan fingerprint density at radius 2 is 1.86 bits per heavy atom. The van der Waals surface area contributed by atoms with Gasteiger partial charge in [-0.25, -0.2) is 4.39 Å². The lowest BCUT2D eigenvalue weighted by Crippen LogP contribution is -2.38. The van der Waals surface area contributed by atoms with Gasteiger partial charge in [0.2, 0.25) is 5.75 Å². The van der Waals surface area contributed by atoms with Crippen molar-refractivity contribution in [3.05, 3.63) is 64.0 Å². The number of piperidine rings is 1. The van der Waals surface area contributed by atoms with Crippen molar-refractivity contribution in [1.29, 1.82) is 0 Å². The minimum absolute atomic E-state index is 0.116. The number of ether oxygens (including phenoxy) is 1. The van der Waals surface area contributed by atoms with E-state index in [1.807, 2.05) is 0 Å². The molecular weight excluding hydrogens is 375 g/mol. The number of halogens is 3. The fourth-order valence-electron chi connectivity index (χ4n) is 3.26. The molecule has 0 amide bonds.